The highest BCUT2D eigenvalue weighted by molar-refractivity contribution is 5.93. The fourth-order valence-corrected chi connectivity index (χ4v) is 2.45. The normalized spacial score (nSPS) is 14.6. The molecule has 0 bridgehead atoms. The van der Waals surface area contributed by atoms with Crippen molar-refractivity contribution in [2.45, 2.75) is 25.7 Å². The van der Waals surface area contributed by atoms with E-state index in [0.717, 1.165) is 42.6 Å². The van der Waals surface area contributed by atoms with Crippen molar-refractivity contribution in [3.05, 3.63) is 51.9 Å². The first-order valence-corrected chi connectivity index (χ1v) is 7.01. The van der Waals surface area contributed by atoms with Crippen molar-refractivity contribution in [2.75, 3.05) is 5.32 Å². The molecule has 1 aromatic carbocycles. The van der Waals surface area contributed by atoms with Crippen molar-refractivity contribution < 1.29 is 0 Å². The van der Waals surface area contributed by atoms with Crippen LogP contribution in [0.2, 0.25) is 0 Å². The number of nitrogens with two attached hydrogens (primary N) is 1. The summed E-state index contributed by atoms with van der Waals surface area (Å²) in [4.78, 5) is 23.2. The van der Waals surface area contributed by atoms with Gasteiger partial charge in [0.2, 0.25) is 11.9 Å². The molecule has 4 N–H and O–H groups in total. The Balaban J connectivity index is 1.85. The minimum atomic E-state index is -0.106. The quantitative estimate of drug-likeness (QED) is 0.577. The Labute approximate surface area is 122 Å². The molecule has 1 aromatic heterocycles. The van der Waals surface area contributed by atoms with Gasteiger partial charge in [0, 0.05) is 11.3 Å². The number of nitrogens with one attached hydrogen (secondary N) is 2. The number of H-pyrrole nitrogens is 1. The number of aromatic amines is 1. The number of para-hydroxylation sites is 1. The van der Waals surface area contributed by atoms with E-state index < -0.39 is 0 Å². The first-order valence-electron chi connectivity index (χ1n) is 7.01. The van der Waals surface area contributed by atoms with Crippen LogP contribution in [-0.4, -0.2) is 15.9 Å². The van der Waals surface area contributed by atoms with Gasteiger partial charge in [-0.2, -0.15) is 4.99 Å². The first-order chi connectivity index (χ1) is 10.2. The third kappa shape index (κ3) is 3.10. The summed E-state index contributed by atoms with van der Waals surface area (Å²) in [7, 11) is 0. The number of nitrogens with zero attached hydrogens (tertiary/aromatic N) is 2. The Bertz CT molecular complexity index is 721. The van der Waals surface area contributed by atoms with Crippen molar-refractivity contribution in [1.29, 1.82) is 0 Å². The lowest BCUT2D eigenvalue weighted by atomic mass is 9.97. The van der Waals surface area contributed by atoms with Crippen molar-refractivity contribution >= 4 is 17.6 Å². The van der Waals surface area contributed by atoms with Crippen molar-refractivity contribution in [2.24, 2.45) is 10.7 Å². The molecule has 0 saturated heterocycles. The maximum atomic E-state index is 12.0. The number of benzene rings is 1. The summed E-state index contributed by atoms with van der Waals surface area (Å²) in [5.41, 5.74) is 8.20. The van der Waals surface area contributed by atoms with Crippen LogP contribution in [-0.2, 0) is 12.8 Å². The van der Waals surface area contributed by atoms with Gasteiger partial charge in [-0.15, -0.1) is 0 Å². The topological polar surface area (TPSA) is 96.2 Å². The van der Waals surface area contributed by atoms with Gasteiger partial charge in [0.1, 0.15) is 0 Å². The van der Waals surface area contributed by atoms with E-state index in [9.17, 15) is 4.79 Å². The number of aliphatic imine (C=N–C) groups is 1. The van der Waals surface area contributed by atoms with E-state index in [2.05, 4.69) is 20.3 Å². The van der Waals surface area contributed by atoms with Gasteiger partial charge >= 0.3 is 0 Å². The molecule has 3 rings (SSSR count). The Hall–Kier alpha value is -2.63. The number of fused-ring (bicyclic) bond motifs is 1. The number of aromatic nitrogens is 2. The van der Waals surface area contributed by atoms with Crippen molar-refractivity contribution in [3.8, 4) is 0 Å². The maximum Gasteiger partial charge on any atom is 0.255 e. The molecule has 0 fully saturated rings. The molecular formula is C15H17N5O. The van der Waals surface area contributed by atoms with Gasteiger partial charge in [-0.05, 0) is 37.8 Å². The van der Waals surface area contributed by atoms with Gasteiger partial charge in [0.05, 0.1) is 5.69 Å². The van der Waals surface area contributed by atoms with Gasteiger partial charge in [0.25, 0.3) is 5.56 Å². The maximum absolute atomic E-state index is 12.0. The van der Waals surface area contributed by atoms with E-state index in [4.69, 9.17) is 5.73 Å². The minimum absolute atomic E-state index is 0.106. The van der Waals surface area contributed by atoms with Crippen LogP contribution in [0.1, 0.15) is 24.1 Å². The third-order valence-electron chi connectivity index (χ3n) is 3.45. The zero-order valence-electron chi connectivity index (χ0n) is 11.6. The molecule has 0 atom stereocenters. The largest absolute Gasteiger partial charge is 0.369 e. The van der Waals surface area contributed by atoms with Crippen LogP contribution in [0.15, 0.2) is 40.1 Å². The van der Waals surface area contributed by atoms with Crippen LogP contribution >= 0.6 is 0 Å². The van der Waals surface area contributed by atoms with Crippen LogP contribution in [0.4, 0.5) is 11.6 Å². The summed E-state index contributed by atoms with van der Waals surface area (Å²) in [5.74, 6) is 0.446. The van der Waals surface area contributed by atoms with E-state index >= 15 is 0 Å². The predicted octanol–water partition coefficient (Wildman–Crippen LogP) is 1.71. The van der Waals surface area contributed by atoms with Gasteiger partial charge in [-0.3, -0.25) is 9.78 Å². The number of aryl methyl sites for hydroxylation is 1. The molecule has 1 aliphatic carbocycles. The molecule has 0 amide bonds. The molecule has 1 aliphatic rings. The smallest absolute Gasteiger partial charge is 0.255 e. The number of guanidine groups is 1. The number of rotatable bonds is 2. The molecule has 0 spiro atoms. The lowest BCUT2D eigenvalue weighted by Gasteiger charge is -2.13. The predicted molar refractivity (Wildman–Crippen MR) is 82.8 cm³/mol. The third-order valence-corrected chi connectivity index (χ3v) is 3.45. The second-order valence-electron chi connectivity index (χ2n) is 5.01. The van der Waals surface area contributed by atoms with Gasteiger partial charge < -0.3 is 11.1 Å². The summed E-state index contributed by atoms with van der Waals surface area (Å²) < 4.78 is 0. The van der Waals surface area contributed by atoms with E-state index in [1.165, 1.54) is 0 Å². The Morgan fingerprint density at radius 3 is 2.81 bits per heavy atom. The number of hydrogen-bond acceptors (Lipinski definition) is 3. The Morgan fingerprint density at radius 2 is 2.00 bits per heavy atom. The number of anilines is 1. The Morgan fingerprint density at radius 1 is 1.24 bits per heavy atom. The Kier molecular flexibility index (Phi) is 3.68. The van der Waals surface area contributed by atoms with Crippen LogP contribution in [0.5, 0.6) is 0 Å². The van der Waals surface area contributed by atoms with E-state index in [1.807, 2.05) is 30.3 Å². The summed E-state index contributed by atoms with van der Waals surface area (Å²) in [5, 5.41) is 2.96. The molecule has 6 nitrogen and oxygen atoms in total. The summed E-state index contributed by atoms with van der Waals surface area (Å²) in [6, 6.07) is 9.47. The zero-order valence-corrected chi connectivity index (χ0v) is 11.6. The second-order valence-corrected chi connectivity index (χ2v) is 5.01. The van der Waals surface area contributed by atoms with Crippen LogP contribution in [0, 0.1) is 0 Å². The minimum Gasteiger partial charge on any atom is -0.369 e. The molecule has 0 aliphatic heterocycles. The highest BCUT2D eigenvalue weighted by Crippen LogP contribution is 2.17. The van der Waals surface area contributed by atoms with Gasteiger partial charge in [-0.1, -0.05) is 18.2 Å². The molecule has 2 aromatic rings. The lowest BCUT2D eigenvalue weighted by Crippen LogP contribution is -2.24. The molecule has 0 saturated carbocycles. The molecule has 21 heavy (non-hydrogen) atoms. The summed E-state index contributed by atoms with van der Waals surface area (Å²) in [6.07, 6.45) is 3.72. The fraction of sp³-hybridized carbons (Fsp3) is 0.267. The molecule has 6 heteroatoms. The summed E-state index contributed by atoms with van der Waals surface area (Å²) in [6.45, 7) is 0. The van der Waals surface area contributed by atoms with Crippen LogP contribution < -0.4 is 16.6 Å². The zero-order chi connectivity index (χ0) is 14.7. The summed E-state index contributed by atoms with van der Waals surface area (Å²) >= 11 is 0. The van der Waals surface area contributed by atoms with Crippen LogP contribution in [0.25, 0.3) is 0 Å². The molecule has 0 unspecified atom stereocenters. The van der Waals surface area contributed by atoms with E-state index in [-0.39, 0.29) is 17.5 Å². The monoisotopic (exact) mass is 283 g/mol. The number of hydrogen-bond donors (Lipinski definition) is 3. The van der Waals surface area contributed by atoms with Gasteiger partial charge in [0.15, 0.2) is 0 Å². The highest BCUT2D eigenvalue weighted by atomic mass is 16.1. The van der Waals surface area contributed by atoms with E-state index in [0.29, 0.717) is 0 Å². The standard InChI is InChI=1S/C15H17N5O/c16-14(17-10-6-2-1-3-7-10)20-15-18-12-9-5-4-8-11(12)13(21)19-15/h1-3,6-7H,4-5,8-9H2,(H4,16,17,18,19,20,21). The molecule has 1 heterocycles. The SMILES string of the molecule is N/C(=N/c1nc2c(c(=O)[nH]1)CCCC2)Nc1ccccc1. The molecular weight excluding hydrogens is 266 g/mol. The fourth-order valence-electron chi connectivity index (χ4n) is 2.45. The lowest BCUT2D eigenvalue weighted by molar-refractivity contribution is 0.657. The first kappa shape index (κ1) is 13.4. The highest BCUT2D eigenvalue weighted by Gasteiger charge is 2.15. The van der Waals surface area contributed by atoms with Crippen molar-refractivity contribution in [1.82, 2.24) is 9.97 Å². The average molecular weight is 283 g/mol. The van der Waals surface area contributed by atoms with E-state index in [1.54, 1.807) is 0 Å². The second kappa shape index (κ2) is 5.78. The average Bonchev–Trinajstić information content (AvgIpc) is 2.48. The molecule has 0 radical (unpaired) electrons. The van der Waals surface area contributed by atoms with Crippen LogP contribution in [0.3, 0.4) is 0 Å². The van der Waals surface area contributed by atoms with Gasteiger partial charge in [-0.25, -0.2) is 4.98 Å². The molecule has 108 valence electrons. The van der Waals surface area contributed by atoms with Crippen molar-refractivity contribution in [3.63, 3.8) is 0 Å².